The first kappa shape index (κ1) is 16.2. The van der Waals surface area contributed by atoms with Gasteiger partial charge in [0, 0.05) is 25.2 Å². The Balaban J connectivity index is 1.75. The van der Waals surface area contributed by atoms with Crippen LogP contribution in [-0.2, 0) is 4.79 Å². The van der Waals surface area contributed by atoms with E-state index in [9.17, 15) is 10.1 Å². The van der Waals surface area contributed by atoms with Crippen molar-refractivity contribution >= 4 is 35.2 Å². The minimum atomic E-state index is -0.523. The average molecular weight is 342 g/mol. The molecule has 1 aromatic carbocycles. The van der Waals surface area contributed by atoms with E-state index in [2.05, 4.69) is 10.2 Å². The van der Waals surface area contributed by atoms with Crippen LogP contribution in [0, 0.1) is 11.3 Å². The van der Waals surface area contributed by atoms with Crippen LogP contribution in [0.1, 0.15) is 18.6 Å². The highest BCUT2D eigenvalue weighted by Gasteiger charge is 2.16. The molecule has 1 aromatic heterocycles. The van der Waals surface area contributed by atoms with Crippen molar-refractivity contribution in [3.05, 3.63) is 52.8 Å². The molecule has 0 unspecified atom stereocenters. The third-order valence-corrected chi connectivity index (χ3v) is 4.13. The number of hydrogen-bond acceptors (Lipinski definition) is 4. The zero-order valence-corrected chi connectivity index (χ0v) is 13.7. The maximum Gasteiger partial charge on any atom is 0.266 e. The molecule has 0 saturated carbocycles. The monoisotopic (exact) mass is 341 g/mol. The topological polar surface area (TPSA) is 69.3 Å². The third kappa shape index (κ3) is 3.61. The van der Waals surface area contributed by atoms with Crippen molar-refractivity contribution in [2.45, 2.75) is 12.8 Å². The van der Waals surface area contributed by atoms with Crippen LogP contribution < -0.4 is 10.2 Å². The Morgan fingerprint density at radius 2 is 2.00 bits per heavy atom. The lowest BCUT2D eigenvalue weighted by Gasteiger charge is -2.12. The number of carbonyl (C=O) groups excluding carboxylic acids is 1. The number of para-hydroxylation sites is 1. The molecule has 3 rings (SSSR count). The van der Waals surface area contributed by atoms with E-state index < -0.39 is 5.91 Å². The van der Waals surface area contributed by atoms with E-state index in [-0.39, 0.29) is 5.57 Å². The molecular formula is C18H16ClN3O2. The highest BCUT2D eigenvalue weighted by atomic mass is 35.5. The number of hydrogen-bond donors (Lipinski definition) is 1. The number of rotatable bonds is 4. The van der Waals surface area contributed by atoms with Crippen molar-refractivity contribution in [1.82, 2.24) is 0 Å². The molecule has 0 bridgehead atoms. The van der Waals surface area contributed by atoms with Crippen molar-refractivity contribution in [1.29, 1.82) is 5.26 Å². The molecule has 0 radical (unpaired) electrons. The number of nitrogens with one attached hydrogen (secondary N) is 1. The molecule has 0 atom stereocenters. The maximum absolute atomic E-state index is 12.3. The largest absolute Gasteiger partial charge is 0.441 e. The van der Waals surface area contributed by atoms with Gasteiger partial charge in [0.05, 0.1) is 10.7 Å². The van der Waals surface area contributed by atoms with Crippen molar-refractivity contribution < 1.29 is 9.21 Å². The fraction of sp³-hybridized carbons (Fsp3) is 0.222. The number of nitrogens with zero attached hydrogens (tertiary/aromatic N) is 2. The summed E-state index contributed by atoms with van der Waals surface area (Å²) in [6.45, 7) is 1.93. The molecule has 0 aliphatic carbocycles. The van der Waals surface area contributed by atoms with Crippen LogP contribution >= 0.6 is 11.6 Å². The normalized spacial score (nSPS) is 14.5. The number of amides is 1. The molecule has 24 heavy (non-hydrogen) atoms. The van der Waals surface area contributed by atoms with Gasteiger partial charge in [-0.1, -0.05) is 23.7 Å². The summed E-state index contributed by atoms with van der Waals surface area (Å²) in [5, 5.41) is 12.3. The van der Waals surface area contributed by atoms with Gasteiger partial charge in [-0.2, -0.15) is 5.26 Å². The van der Waals surface area contributed by atoms with E-state index in [0.29, 0.717) is 16.5 Å². The lowest BCUT2D eigenvalue weighted by molar-refractivity contribution is -0.112. The first-order valence-corrected chi connectivity index (χ1v) is 8.07. The minimum absolute atomic E-state index is 0.0442. The number of benzene rings is 1. The van der Waals surface area contributed by atoms with Gasteiger partial charge < -0.3 is 14.6 Å². The Morgan fingerprint density at radius 3 is 2.71 bits per heavy atom. The van der Waals surface area contributed by atoms with Crippen molar-refractivity contribution in [2.24, 2.45) is 0 Å². The number of halogens is 1. The quantitative estimate of drug-likeness (QED) is 0.672. The van der Waals surface area contributed by atoms with Crippen LogP contribution in [-0.4, -0.2) is 19.0 Å². The molecule has 1 fully saturated rings. The van der Waals surface area contributed by atoms with E-state index in [4.69, 9.17) is 16.0 Å². The van der Waals surface area contributed by atoms with E-state index >= 15 is 0 Å². The summed E-state index contributed by atoms with van der Waals surface area (Å²) in [4.78, 5) is 14.4. The summed E-state index contributed by atoms with van der Waals surface area (Å²) < 4.78 is 5.72. The summed E-state index contributed by atoms with van der Waals surface area (Å²) in [6.07, 6.45) is 3.73. The molecule has 6 heteroatoms. The van der Waals surface area contributed by atoms with Crippen LogP contribution in [0.3, 0.4) is 0 Å². The van der Waals surface area contributed by atoms with Crippen LogP contribution in [0.5, 0.6) is 0 Å². The SMILES string of the molecule is N#C/C(=C/c1ccc(N2CCCC2)o1)C(=O)Nc1ccccc1Cl. The molecule has 0 spiro atoms. The van der Waals surface area contributed by atoms with Crippen molar-refractivity contribution in [3.8, 4) is 6.07 Å². The second kappa shape index (κ2) is 7.24. The second-order valence-corrected chi connectivity index (χ2v) is 5.88. The van der Waals surface area contributed by atoms with Crippen LogP contribution in [0.2, 0.25) is 5.02 Å². The maximum atomic E-state index is 12.3. The summed E-state index contributed by atoms with van der Waals surface area (Å²) in [6, 6.07) is 12.4. The van der Waals surface area contributed by atoms with E-state index in [1.165, 1.54) is 6.08 Å². The van der Waals surface area contributed by atoms with E-state index in [0.717, 1.165) is 31.8 Å². The fourth-order valence-electron chi connectivity index (χ4n) is 2.57. The Morgan fingerprint density at radius 1 is 1.25 bits per heavy atom. The van der Waals surface area contributed by atoms with Crippen molar-refractivity contribution in [3.63, 3.8) is 0 Å². The van der Waals surface area contributed by atoms with Crippen LogP contribution in [0.25, 0.3) is 6.08 Å². The van der Waals surface area contributed by atoms with Gasteiger partial charge in [0.25, 0.3) is 5.91 Å². The molecule has 2 heterocycles. The highest BCUT2D eigenvalue weighted by molar-refractivity contribution is 6.34. The molecule has 1 amide bonds. The van der Waals surface area contributed by atoms with Gasteiger partial charge in [-0.05, 0) is 31.0 Å². The minimum Gasteiger partial charge on any atom is -0.441 e. The van der Waals surface area contributed by atoms with Gasteiger partial charge in [-0.25, -0.2) is 0 Å². The second-order valence-electron chi connectivity index (χ2n) is 5.47. The number of furan rings is 1. The number of anilines is 2. The summed E-state index contributed by atoms with van der Waals surface area (Å²) in [5.41, 5.74) is 0.416. The lowest BCUT2D eigenvalue weighted by atomic mass is 10.2. The number of carbonyl (C=O) groups is 1. The van der Waals surface area contributed by atoms with E-state index in [1.807, 2.05) is 12.1 Å². The summed E-state index contributed by atoms with van der Waals surface area (Å²) >= 11 is 6.01. The predicted molar refractivity (Wildman–Crippen MR) is 93.8 cm³/mol. The van der Waals surface area contributed by atoms with Gasteiger partial charge in [-0.3, -0.25) is 4.79 Å². The van der Waals surface area contributed by atoms with Gasteiger partial charge in [0.2, 0.25) is 0 Å². The zero-order chi connectivity index (χ0) is 16.9. The van der Waals surface area contributed by atoms with Gasteiger partial charge in [-0.15, -0.1) is 0 Å². The summed E-state index contributed by atoms with van der Waals surface area (Å²) in [7, 11) is 0. The molecule has 122 valence electrons. The molecule has 1 saturated heterocycles. The zero-order valence-electron chi connectivity index (χ0n) is 13.0. The Kier molecular flexibility index (Phi) is 4.88. The molecule has 5 nitrogen and oxygen atoms in total. The molecule has 1 aliphatic heterocycles. The lowest BCUT2D eigenvalue weighted by Crippen LogP contribution is -2.16. The van der Waals surface area contributed by atoms with Crippen LogP contribution in [0.4, 0.5) is 11.6 Å². The Bertz CT molecular complexity index is 814. The predicted octanol–water partition coefficient (Wildman–Crippen LogP) is 4.08. The average Bonchev–Trinajstić information content (AvgIpc) is 3.25. The fourth-order valence-corrected chi connectivity index (χ4v) is 2.75. The highest BCUT2D eigenvalue weighted by Crippen LogP contribution is 2.25. The Hall–Kier alpha value is -2.71. The smallest absolute Gasteiger partial charge is 0.266 e. The molecule has 1 N–H and O–H groups in total. The Labute approximate surface area is 145 Å². The van der Waals surface area contributed by atoms with Crippen LogP contribution in [0.15, 0.2) is 46.4 Å². The number of nitriles is 1. The first-order valence-electron chi connectivity index (χ1n) is 7.70. The van der Waals surface area contributed by atoms with E-state index in [1.54, 1.807) is 30.3 Å². The van der Waals surface area contributed by atoms with Gasteiger partial charge in [0.15, 0.2) is 5.88 Å². The standard InChI is InChI=1S/C18H16ClN3O2/c19-15-5-1-2-6-16(15)21-18(23)13(12-20)11-14-7-8-17(24-14)22-9-3-4-10-22/h1-2,5-8,11H,3-4,9-10H2,(H,21,23)/b13-11-. The third-order valence-electron chi connectivity index (χ3n) is 3.80. The molecular weight excluding hydrogens is 326 g/mol. The van der Waals surface area contributed by atoms with Crippen molar-refractivity contribution in [2.75, 3.05) is 23.3 Å². The summed E-state index contributed by atoms with van der Waals surface area (Å²) in [5.74, 6) is 0.718. The van der Waals surface area contributed by atoms with Gasteiger partial charge in [0.1, 0.15) is 17.4 Å². The van der Waals surface area contributed by atoms with Gasteiger partial charge >= 0.3 is 0 Å². The molecule has 1 aliphatic rings. The first-order chi connectivity index (χ1) is 11.7. The molecule has 2 aromatic rings.